The van der Waals surface area contributed by atoms with Gasteiger partial charge < -0.3 is 5.73 Å². The molecule has 0 radical (unpaired) electrons. The molecule has 0 aromatic heterocycles. The summed E-state index contributed by atoms with van der Waals surface area (Å²) in [5, 5.41) is 0. The van der Waals surface area contributed by atoms with E-state index in [-0.39, 0.29) is 0 Å². The summed E-state index contributed by atoms with van der Waals surface area (Å²) in [6.07, 6.45) is -5.28. The standard InChI is InChI=1S/C10H10Br2F3N/c1-5-2-8(12)6(3-7(5)11)9(16)4-10(13,14)15/h2-3,9H,4,16H2,1H3. The highest BCUT2D eigenvalue weighted by atomic mass is 79.9. The van der Waals surface area contributed by atoms with Crippen LogP contribution in [-0.2, 0) is 0 Å². The molecule has 1 aromatic carbocycles. The van der Waals surface area contributed by atoms with E-state index in [1.165, 1.54) is 0 Å². The minimum absolute atomic E-state index is 0.454. The average molecular weight is 361 g/mol. The third kappa shape index (κ3) is 3.75. The van der Waals surface area contributed by atoms with E-state index >= 15 is 0 Å². The van der Waals surface area contributed by atoms with E-state index in [2.05, 4.69) is 31.9 Å². The molecule has 0 saturated heterocycles. The van der Waals surface area contributed by atoms with Crippen LogP contribution in [0.4, 0.5) is 13.2 Å². The van der Waals surface area contributed by atoms with Crippen LogP contribution in [0.1, 0.15) is 23.6 Å². The first-order valence-electron chi connectivity index (χ1n) is 4.48. The van der Waals surface area contributed by atoms with Crippen LogP contribution in [0.25, 0.3) is 0 Å². The molecule has 0 saturated carbocycles. The summed E-state index contributed by atoms with van der Waals surface area (Å²) in [7, 11) is 0. The van der Waals surface area contributed by atoms with E-state index in [0.717, 1.165) is 10.0 Å². The van der Waals surface area contributed by atoms with Crippen LogP contribution in [0.15, 0.2) is 21.1 Å². The van der Waals surface area contributed by atoms with Gasteiger partial charge in [0, 0.05) is 15.0 Å². The molecule has 1 rings (SSSR count). The summed E-state index contributed by atoms with van der Waals surface area (Å²) in [4.78, 5) is 0. The first-order chi connectivity index (χ1) is 7.20. The van der Waals surface area contributed by atoms with Gasteiger partial charge >= 0.3 is 6.18 Å². The zero-order valence-electron chi connectivity index (χ0n) is 8.41. The Kier molecular flexibility index (Phi) is 4.42. The van der Waals surface area contributed by atoms with Gasteiger partial charge in [0.2, 0.25) is 0 Å². The Balaban J connectivity index is 3.00. The zero-order valence-corrected chi connectivity index (χ0v) is 11.6. The maximum Gasteiger partial charge on any atom is 0.390 e. The summed E-state index contributed by atoms with van der Waals surface area (Å²) in [6, 6.07) is 2.32. The van der Waals surface area contributed by atoms with Gasteiger partial charge in [-0.25, -0.2) is 0 Å². The van der Waals surface area contributed by atoms with Gasteiger partial charge in [-0.15, -0.1) is 0 Å². The fraction of sp³-hybridized carbons (Fsp3) is 0.400. The lowest BCUT2D eigenvalue weighted by Crippen LogP contribution is -2.20. The molecule has 0 amide bonds. The first kappa shape index (κ1) is 14.0. The first-order valence-corrected chi connectivity index (χ1v) is 6.07. The molecule has 0 aliphatic heterocycles. The fourth-order valence-electron chi connectivity index (χ4n) is 1.31. The third-order valence-corrected chi connectivity index (χ3v) is 3.67. The molecule has 16 heavy (non-hydrogen) atoms. The Morgan fingerprint density at radius 3 is 2.31 bits per heavy atom. The molecule has 0 spiro atoms. The van der Waals surface area contributed by atoms with Crippen LogP contribution in [-0.4, -0.2) is 6.18 Å². The molecular weight excluding hydrogens is 351 g/mol. The molecule has 2 N–H and O–H groups in total. The monoisotopic (exact) mass is 359 g/mol. The maximum atomic E-state index is 12.2. The average Bonchev–Trinajstić information content (AvgIpc) is 2.08. The normalized spacial score (nSPS) is 13.9. The second-order valence-corrected chi connectivity index (χ2v) is 5.26. The van der Waals surface area contributed by atoms with Gasteiger partial charge in [0.25, 0.3) is 0 Å². The van der Waals surface area contributed by atoms with Crippen molar-refractivity contribution in [2.24, 2.45) is 5.73 Å². The highest BCUT2D eigenvalue weighted by Gasteiger charge is 2.31. The van der Waals surface area contributed by atoms with Gasteiger partial charge in [-0.3, -0.25) is 0 Å². The van der Waals surface area contributed by atoms with Crippen LogP contribution < -0.4 is 5.73 Å². The zero-order chi connectivity index (χ0) is 12.5. The van der Waals surface area contributed by atoms with Crippen LogP contribution in [0.2, 0.25) is 0 Å². The summed E-state index contributed by atoms with van der Waals surface area (Å²) in [6.45, 7) is 1.86. The largest absolute Gasteiger partial charge is 0.390 e. The van der Waals surface area contributed by atoms with Crippen LogP contribution >= 0.6 is 31.9 Å². The molecule has 90 valence electrons. The van der Waals surface area contributed by atoms with Gasteiger partial charge in [-0.1, -0.05) is 31.9 Å². The molecule has 6 heteroatoms. The maximum absolute atomic E-state index is 12.2. The van der Waals surface area contributed by atoms with Crippen LogP contribution in [0.3, 0.4) is 0 Å². The Bertz CT molecular complexity index is 390. The molecule has 1 unspecified atom stereocenters. The lowest BCUT2D eigenvalue weighted by atomic mass is 10.0. The summed E-state index contributed by atoms with van der Waals surface area (Å²) in [5.41, 5.74) is 6.92. The van der Waals surface area contributed by atoms with Gasteiger partial charge in [-0.2, -0.15) is 13.2 Å². The van der Waals surface area contributed by atoms with E-state index in [1.54, 1.807) is 12.1 Å². The molecule has 1 atom stereocenters. The van der Waals surface area contributed by atoms with Crippen molar-refractivity contribution in [2.45, 2.75) is 25.6 Å². The minimum Gasteiger partial charge on any atom is -0.324 e. The van der Waals surface area contributed by atoms with Crippen molar-refractivity contribution in [1.82, 2.24) is 0 Å². The fourth-order valence-corrected chi connectivity index (χ4v) is 2.42. The Labute approximate surface area is 108 Å². The summed E-state index contributed by atoms with van der Waals surface area (Å²) >= 11 is 6.49. The number of nitrogens with two attached hydrogens (primary N) is 1. The third-order valence-electron chi connectivity index (χ3n) is 2.13. The molecule has 0 bridgehead atoms. The molecule has 1 nitrogen and oxygen atoms in total. The number of benzene rings is 1. The molecule has 1 aromatic rings. The predicted octanol–water partition coefficient (Wildman–Crippen LogP) is 4.47. The number of hydrogen-bond acceptors (Lipinski definition) is 1. The minimum atomic E-state index is -4.25. The van der Waals surface area contributed by atoms with E-state index in [1.807, 2.05) is 6.92 Å². The van der Waals surface area contributed by atoms with Crippen molar-refractivity contribution in [3.63, 3.8) is 0 Å². The number of alkyl halides is 3. The van der Waals surface area contributed by atoms with E-state index < -0.39 is 18.6 Å². The van der Waals surface area contributed by atoms with E-state index in [9.17, 15) is 13.2 Å². The van der Waals surface area contributed by atoms with Crippen molar-refractivity contribution >= 4 is 31.9 Å². The topological polar surface area (TPSA) is 26.0 Å². The molecular formula is C10H10Br2F3N. The van der Waals surface area contributed by atoms with Crippen LogP contribution in [0, 0.1) is 6.92 Å². The van der Waals surface area contributed by atoms with Crippen molar-refractivity contribution < 1.29 is 13.2 Å². The Hall–Kier alpha value is -0.0700. The Morgan fingerprint density at radius 1 is 1.25 bits per heavy atom. The van der Waals surface area contributed by atoms with Crippen LogP contribution in [0.5, 0.6) is 0 Å². The highest BCUT2D eigenvalue weighted by Crippen LogP contribution is 2.34. The summed E-state index contributed by atoms with van der Waals surface area (Å²) < 4.78 is 37.9. The van der Waals surface area contributed by atoms with Crippen molar-refractivity contribution in [3.8, 4) is 0 Å². The van der Waals surface area contributed by atoms with Crippen molar-refractivity contribution in [2.75, 3.05) is 0 Å². The highest BCUT2D eigenvalue weighted by molar-refractivity contribution is 9.11. The van der Waals surface area contributed by atoms with E-state index in [0.29, 0.717) is 10.0 Å². The number of aryl methyl sites for hydroxylation is 1. The SMILES string of the molecule is Cc1cc(Br)c(C(N)CC(F)(F)F)cc1Br. The number of rotatable bonds is 2. The Morgan fingerprint density at radius 2 is 1.81 bits per heavy atom. The second-order valence-electron chi connectivity index (χ2n) is 3.55. The van der Waals surface area contributed by atoms with E-state index in [4.69, 9.17) is 5.73 Å². The quantitative estimate of drug-likeness (QED) is 0.827. The van der Waals surface area contributed by atoms with Gasteiger partial charge in [0.05, 0.1) is 6.42 Å². The lowest BCUT2D eigenvalue weighted by molar-refractivity contribution is -0.138. The van der Waals surface area contributed by atoms with Gasteiger partial charge in [0.15, 0.2) is 0 Å². The van der Waals surface area contributed by atoms with Crippen molar-refractivity contribution in [3.05, 3.63) is 32.2 Å². The second kappa shape index (κ2) is 5.06. The lowest BCUT2D eigenvalue weighted by Gasteiger charge is -2.17. The smallest absolute Gasteiger partial charge is 0.324 e. The molecule has 0 heterocycles. The van der Waals surface area contributed by atoms with Gasteiger partial charge in [-0.05, 0) is 30.2 Å². The predicted molar refractivity (Wildman–Crippen MR) is 64.2 cm³/mol. The summed E-state index contributed by atoms with van der Waals surface area (Å²) in [5.74, 6) is 0. The molecule has 0 aliphatic carbocycles. The molecule has 0 aliphatic rings. The number of halogens is 5. The molecule has 0 fully saturated rings. The van der Waals surface area contributed by atoms with Crippen molar-refractivity contribution in [1.29, 1.82) is 0 Å². The number of hydrogen-bond donors (Lipinski definition) is 1. The van der Waals surface area contributed by atoms with Gasteiger partial charge in [0.1, 0.15) is 0 Å².